The third-order valence-electron chi connectivity index (χ3n) is 6.58. The minimum absolute atomic E-state index is 0.259. The molecule has 0 unspecified atom stereocenters. The summed E-state index contributed by atoms with van der Waals surface area (Å²) in [4.78, 5) is 25.0. The second kappa shape index (κ2) is 9.65. The highest BCUT2D eigenvalue weighted by molar-refractivity contribution is 5.81. The van der Waals surface area contributed by atoms with E-state index in [1.165, 1.54) is 22.2 Å². The molecule has 31 heavy (non-hydrogen) atoms. The fraction of sp³-hybridized carbons (Fsp3) is 0.462. The predicted octanol–water partition coefficient (Wildman–Crippen LogP) is 4.91. The zero-order valence-corrected chi connectivity index (χ0v) is 19.0. The minimum atomic E-state index is 0.259. The van der Waals surface area contributed by atoms with Crippen LogP contribution in [0, 0.1) is 0 Å². The third kappa shape index (κ3) is 4.82. The van der Waals surface area contributed by atoms with Gasteiger partial charge in [0.15, 0.2) is 0 Å². The molecule has 2 atom stereocenters. The van der Waals surface area contributed by atoms with Crippen molar-refractivity contribution in [3.05, 3.63) is 65.5 Å². The number of H-pyrrole nitrogens is 1. The number of pyridine rings is 1. The van der Waals surface area contributed by atoms with E-state index in [1.54, 1.807) is 0 Å². The first kappa shape index (κ1) is 21.6. The predicted molar refractivity (Wildman–Crippen MR) is 126 cm³/mol. The summed E-state index contributed by atoms with van der Waals surface area (Å²) in [6, 6.07) is 14.9. The van der Waals surface area contributed by atoms with Crippen LogP contribution in [0.1, 0.15) is 61.8 Å². The maximum atomic E-state index is 12.3. The van der Waals surface area contributed by atoms with Gasteiger partial charge in [0.2, 0.25) is 5.91 Å². The fourth-order valence-corrected chi connectivity index (χ4v) is 4.97. The molecule has 1 aromatic carbocycles. The molecule has 1 amide bonds. The van der Waals surface area contributed by atoms with Crippen LogP contribution in [0.25, 0.3) is 11.0 Å². The highest BCUT2D eigenvalue weighted by atomic mass is 16.2. The Bertz CT molecular complexity index is 1010. The van der Waals surface area contributed by atoms with Crippen molar-refractivity contribution in [1.82, 2.24) is 19.8 Å². The summed E-state index contributed by atoms with van der Waals surface area (Å²) in [7, 11) is 2.20. The summed E-state index contributed by atoms with van der Waals surface area (Å²) in [5, 5.41) is 1.20. The zero-order chi connectivity index (χ0) is 21.8. The van der Waals surface area contributed by atoms with Gasteiger partial charge in [0.1, 0.15) is 5.65 Å². The Morgan fingerprint density at radius 2 is 2.06 bits per heavy atom. The molecule has 5 nitrogen and oxygen atoms in total. The Morgan fingerprint density at radius 1 is 1.26 bits per heavy atom. The van der Waals surface area contributed by atoms with E-state index < -0.39 is 0 Å². The van der Waals surface area contributed by atoms with Gasteiger partial charge in [-0.3, -0.25) is 4.79 Å². The molecule has 1 aliphatic rings. The second-order valence-electron chi connectivity index (χ2n) is 8.96. The zero-order valence-electron chi connectivity index (χ0n) is 19.0. The van der Waals surface area contributed by atoms with E-state index in [-0.39, 0.29) is 5.91 Å². The quantitative estimate of drug-likeness (QED) is 0.593. The molecule has 0 radical (unpaired) electrons. The van der Waals surface area contributed by atoms with Crippen LogP contribution < -0.4 is 0 Å². The van der Waals surface area contributed by atoms with Crippen molar-refractivity contribution in [2.24, 2.45) is 0 Å². The number of nitrogens with one attached hydrogen (secondary N) is 1. The Morgan fingerprint density at radius 3 is 2.84 bits per heavy atom. The maximum absolute atomic E-state index is 12.3. The Kier molecular flexibility index (Phi) is 6.71. The first-order valence-corrected chi connectivity index (χ1v) is 11.5. The number of fused-ring (bicyclic) bond motifs is 1. The molecule has 3 aromatic rings. The van der Waals surface area contributed by atoms with E-state index in [4.69, 9.17) is 0 Å². The maximum Gasteiger partial charge on any atom is 0.222 e. The van der Waals surface area contributed by atoms with E-state index in [2.05, 4.69) is 65.2 Å². The topological polar surface area (TPSA) is 52.2 Å². The van der Waals surface area contributed by atoms with Crippen molar-refractivity contribution in [1.29, 1.82) is 0 Å². The number of hydrogen-bond donors (Lipinski definition) is 1. The van der Waals surface area contributed by atoms with Crippen molar-refractivity contribution < 1.29 is 4.79 Å². The van der Waals surface area contributed by atoms with Crippen LogP contribution in [0.3, 0.4) is 0 Å². The minimum Gasteiger partial charge on any atom is -0.343 e. The van der Waals surface area contributed by atoms with E-state index in [0.29, 0.717) is 18.3 Å². The normalized spacial score (nSPS) is 17.9. The van der Waals surface area contributed by atoms with Gasteiger partial charge in [-0.15, -0.1) is 0 Å². The van der Waals surface area contributed by atoms with E-state index in [1.807, 2.05) is 24.1 Å². The highest BCUT2D eigenvalue weighted by Crippen LogP contribution is 2.33. The first-order valence-electron chi connectivity index (χ1n) is 11.5. The van der Waals surface area contributed by atoms with Crippen molar-refractivity contribution in [3.8, 4) is 0 Å². The average molecular weight is 419 g/mol. The molecule has 2 aromatic heterocycles. The molecule has 5 heteroatoms. The Hall–Kier alpha value is -2.66. The fourth-order valence-electron chi connectivity index (χ4n) is 4.97. The van der Waals surface area contributed by atoms with Crippen LogP contribution in [0.4, 0.5) is 0 Å². The molecule has 3 heterocycles. The number of piperidine rings is 1. The number of carbonyl (C=O) groups excluding carboxylic acids is 1. The van der Waals surface area contributed by atoms with Crippen LogP contribution in [-0.4, -0.2) is 52.4 Å². The molecule has 0 bridgehead atoms. The lowest BCUT2D eigenvalue weighted by Crippen LogP contribution is -2.39. The molecule has 164 valence electrons. The van der Waals surface area contributed by atoms with Crippen molar-refractivity contribution in [2.75, 3.05) is 26.7 Å². The van der Waals surface area contributed by atoms with Crippen molar-refractivity contribution >= 4 is 16.9 Å². The van der Waals surface area contributed by atoms with E-state index in [9.17, 15) is 4.79 Å². The summed E-state index contributed by atoms with van der Waals surface area (Å²) in [5.41, 5.74) is 4.93. The van der Waals surface area contributed by atoms with Crippen LogP contribution in [0.5, 0.6) is 0 Å². The second-order valence-corrected chi connectivity index (χ2v) is 8.96. The standard InChI is InChI=1S/C26H34N4O/c1-4-24(31)30-15-9-12-21(17-30)25-23(22-13-8-14-27-26(22)28-25)18-29(3)16-19(2)20-10-6-5-7-11-20/h5-8,10-11,13-14,19,21H,4,9,12,15-18H2,1-3H3,(H,27,28)/t19-,21+/m1/s1. The molecule has 0 spiro atoms. The van der Waals surface area contributed by atoms with Gasteiger partial charge in [-0.1, -0.05) is 44.2 Å². The lowest BCUT2D eigenvalue weighted by Gasteiger charge is -2.33. The number of likely N-dealkylation sites (tertiary alicyclic amines) is 1. The third-order valence-corrected chi connectivity index (χ3v) is 6.58. The number of rotatable bonds is 7. The Labute approximate surface area is 185 Å². The number of amides is 1. The largest absolute Gasteiger partial charge is 0.343 e. The summed E-state index contributed by atoms with van der Waals surface area (Å²) in [5.74, 6) is 1.06. The molecule has 1 N–H and O–H groups in total. The molecular formula is C26H34N4O. The molecule has 4 rings (SSSR count). The number of hydrogen-bond acceptors (Lipinski definition) is 3. The Balaban J connectivity index is 1.57. The van der Waals surface area contributed by atoms with Crippen LogP contribution >= 0.6 is 0 Å². The van der Waals surface area contributed by atoms with Gasteiger partial charge in [-0.25, -0.2) is 4.98 Å². The lowest BCUT2D eigenvalue weighted by molar-refractivity contribution is -0.132. The van der Waals surface area contributed by atoms with Gasteiger partial charge in [-0.2, -0.15) is 0 Å². The van der Waals surface area contributed by atoms with Crippen molar-refractivity contribution in [3.63, 3.8) is 0 Å². The number of carbonyl (C=O) groups is 1. The van der Waals surface area contributed by atoms with Gasteiger partial charge in [0, 0.05) is 55.8 Å². The molecule has 0 saturated carbocycles. The SMILES string of the molecule is CCC(=O)N1CCC[C@H](c2[nH]c3ncccc3c2CN(C)C[C@@H](C)c2ccccc2)C1. The number of nitrogens with zero attached hydrogens (tertiary/aromatic N) is 3. The molecule has 1 saturated heterocycles. The van der Waals surface area contributed by atoms with Gasteiger partial charge >= 0.3 is 0 Å². The summed E-state index contributed by atoms with van der Waals surface area (Å²) < 4.78 is 0. The van der Waals surface area contributed by atoms with Gasteiger partial charge < -0.3 is 14.8 Å². The molecular weight excluding hydrogens is 384 g/mol. The number of aromatic nitrogens is 2. The van der Waals surface area contributed by atoms with Crippen LogP contribution in [-0.2, 0) is 11.3 Å². The summed E-state index contributed by atoms with van der Waals surface area (Å²) in [6.07, 6.45) is 4.59. The highest BCUT2D eigenvalue weighted by Gasteiger charge is 2.28. The monoisotopic (exact) mass is 418 g/mol. The lowest BCUT2D eigenvalue weighted by atomic mass is 9.91. The number of aromatic amines is 1. The summed E-state index contributed by atoms with van der Waals surface area (Å²) in [6.45, 7) is 7.78. The average Bonchev–Trinajstić information content (AvgIpc) is 3.17. The van der Waals surface area contributed by atoms with Crippen molar-refractivity contribution in [2.45, 2.75) is 51.5 Å². The molecule has 1 aliphatic heterocycles. The van der Waals surface area contributed by atoms with E-state index >= 15 is 0 Å². The van der Waals surface area contributed by atoms with E-state index in [0.717, 1.165) is 44.7 Å². The number of benzene rings is 1. The number of likely N-dealkylation sites (N-methyl/N-ethyl adjacent to an activating group) is 1. The molecule has 0 aliphatic carbocycles. The smallest absolute Gasteiger partial charge is 0.222 e. The molecule has 1 fully saturated rings. The summed E-state index contributed by atoms with van der Waals surface area (Å²) >= 11 is 0. The van der Waals surface area contributed by atoms with Crippen LogP contribution in [0.2, 0.25) is 0 Å². The van der Waals surface area contributed by atoms with Gasteiger partial charge in [0.25, 0.3) is 0 Å². The van der Waals surface area contributed by atoms with Crippen LogP contribution in [0.15, 0.2) is 48.7 Å². The van der Waals surface area contributed by atoms with Gasteiger partial charge in [-0.05, 0) is 49.1 Å². The first-order chi connectivity index (χ1) is 15.1. The van der Waals surface area contributed by atoms with Gasteiger partial charge in [0.05, 0.1) is 0 Å².